The first kappa shape index (κ1) is 22.7. The van der Waals surface area contributed by atoms with E-state index in [0.29, 0.717) is 6.54 Å². The van der Waals surface area contributed by atoms with Crippen molar-refractivity contribution in [3.8, 4) is 0 Å². The third-order valence-electron chi connectivity index (χ3n) is 3.98. The number of nitrogens with zero attached hydrogens (tertiary/aromatic N) is 2. The molecule has 1 aromatic carbocycles. The Labute approximate surface area is 177 Å². The van der Waals surface area contributed by atoms with Crippen LogP contribution in [-0.2, 0) is 19.4 Å². The lowest BCUT2D eigenvalue weighted by atomic mass is 10.2. The number of nitrogens with one attached hydrogen (secondary N) is 4. The van der Waals surface area contributed by atoms with Crippen molar-refractivity contribution in [1.29, 1.82) is 0 Å². The van der Waals surface area contributed by atoms with Gasteiger partial charge in [0.1, 0.15) is 0 Å². The highest BCUT2D eigenvalue weighted by atomic mass is 32.1. The second kappa shape index (κ2) is 12.1. The van der Waals surface area contributed by atoms with Crippen LogP contribution >= 0.6 is 11.3 Å². The maximum Gasteiger partial charge on any atom is 0.319 e. The van der Waals surface area contributed by atoms with Crippen LogP contribution in [0.1, 0.15) is 43.1 Å². The number of rotatable bonds is 9. The van der Waals surface area contributed by atoms with Gasteiger partial charge in [0.2, 0.25) is 0 Å². The predicted octanol–water partition coefficient (Wildman–Crippen LogP) is 3.53. The van der Waals surface area contributed by atoms with Crippen LogP contribution in [0.2, 0.25) is 0 Å². The number of aromatic nitrogens is 1. The molecule has 0 radical (unpaired) electrons. The van der Waals surface area contributed by atoms with E-state index in [1.807, 2.05) is 51.2 Å². The largest absolute Gasteiger partial charge is 0.357 e. The molecule has 8 heteroatoms. The van der Waals surface area contributed by atoms with Crippen molar-refractivity contribution >= 4 is 29.0 Å². The van der Waals surface area contributed by atoms with Crippen molar-refractivity contribution in [2.75, 3.05) is 18.4 Å². The van der Waals surface area contributed by atoms with Gasteiger partial charge < -0.3 is 21.3 Å². The first-order chi connectivity index (χ1) is 14.0. The number of carbonyl (C=O) groups excluding carboxylic acids is 1. The fraction of sp³-hybridized carbons (Fsp3) is 0.476. The van der Waals surface area contributed by atoms with E-state index in [2.05, 4.69) is 38.2 Å². The van der Waals surface area contributed by atoms with Gasteiger partial charge in [0.05, 0.1) is 11.6 Å². The molecule has 2 rings (SSSR count). The Bertz CT molecular complexity index is 785. The summed E-state index contributed by atoms with van der Waals surface area (Å²) in [5.41, 5.74) is 1.83. The van der Waals surface area contributed by atoms with Crippen LogP contribution in [0.15, 0.2) is 35.5 Å². The molecule has 7 nitrogen and oxygen atoms in total. The van der Waals surface area contributed by atoms with Gasteiger partial charge in [-0.2, -0.15) is 0 Å². The quantitative estimate of drug-likeness (QED) is 0.372. The molecule has 2 amide bonds. The third-order valence-corrected chi connectivity index (χ3v) is 5.18. The molecule has 1 aromatic heterocycles. The van der Waals surface area contributed by atoms with Crippen molar-refractivity contribution in [1.82, 2.24) is 20.9 Å². The summed E-state index contributed by atoms with van der Waals surface area (Å²) in [6, 6.07) is 7.62. The number of hydrogen-bond donors (Lipinski definition) is 4. The lowest BCUT2D eigenvalue weighted by Crippen LogP contribution is -2.38. The fourth-order valence-corrected chi connectivity index (χ4v) is 3.41. The van der Waals surface area contributed by atoms with Crippen LogP contribution in [0, 0.1) is 0 Å². The molecule has 0 fully saturated rings. The molecular formula is C21H32N6OS. The van der Waals surface area contributed by atoms with E-state index in [4.69, 9.17) is 0 Å². The van der Waals surface area contributed by atoms with Crippen molar-refractivity contribution in [2.24, 2.45) is 4.99 Å². The van der Waals surface area contributed by atoms with E-state index in [0.717, 1.165) is 48.1 Å². The Morgan fingerprint density at radius 2 is 1.93 bits per heavy atom. The molecular weight excluding hydrogens is 384 g/mol. The van der Waals surface area contributed by atoms with Gasteiger partial charge in [0, 0.05) is 42.3 Å². The highest BCUT2D eigenvalue weighted by molar-refractivity contribution is 7.11. The SMILES string of the molecule is CCNC(=NCc1ccc(NC(=O)NC(C)C)cc1)NCCc1ncc(CC)s1. The molecule has 2 aromatic rings. The van der Waals surface area contributed by atoms with Crippen LogP contribution in [0.3, 0.4) is 0 Å². The maximum absolute atomic E-state index is 11.8. The van der Waals surface area contributed by atoms with E-state index >= 15 is 0 Å². The Morgan fingerprint density at radius 1 is 1.17 bits per heavy atom. The number of thiazole rings is 1. The number of aryl methyl sites for hydroxylation is 1. The van der Waals surface area contributed by atoms with Crippen LogP contribution in [0.25, 0.3) is 0 Å². The molecule has 0 aliphatic heterocycles. The fourth-order valence-electron chi connectivity index (χ4n) is 2.55. The minimum atomic E-state index is -0.198. The normalized spacial score (nSPS) is 11.4. The Kier molecular flexibility index (Phi) is 9.43. The number of amides is 2. The van der Waals surface area contributed by atoms with Crippen molar-refractivity contribution in [3.63, 3.8) is 0 Å². The topological polar surface area (TPSA) is 90.4 Å². The van der Waals surface area contributed by atoms with E-state index in [9.17, 15) is 4.79 Å². The standard InChI is InChI=1S/C21H32N6OS/c1-5-18-14-24-19(29-18)11-12-23-20(22-6-2)25-13-16-7-9-17(10-8-16)27-21(28)26-15(3)4/h7-10,14-15H,5-6,11-13H2,1-4H3,(H2,22,23,25)(H2,26,27,28). The Morgan fingerprint density at radius 3 is 2.55 bits per heavy atom. The first-order valence-electron chi connectivity index (χ1n) is 10.1. The van der Waals surface area contributed by atoms with Crippen LogP contribution in [-0.4, -0.2) is 36.1 Å². The highest BCUT2D eigenvalue weighted by Crippen LogP contribution is 2.13. The molecule has 1 heterocycles. The summed E-state index contributed by atoms with van der Waals surface area (Å²) in [7, 11) is 0. The number of benzene rings is 1. The number of anilines is 1. The lowest BCUT2D eigenvalue weighted by molar-refractivity contribution is 0.250. The number of aliphatic imine (C=N–C) groups is 1. The zero-order valence-corrected chi connectivity index (χ0v) is 18.5. The van der Waals surface area contributed by atoms with Crippen LogP contribution in [0.4, 0.5) is 10.5 Å². The number of urea groups is 1. The Hall–Kier alpha value is -2.61. The summed E-state index contributed by atoms with van der Waals surface area (Å²) in [5, 5.41) is 13.4. The van der Waals surface area contributed by atoms with Gasteiger partial charge >= 0.3 is 6.03 Å². The van der Waals surface area contributed by atoms with Crippen LogP contribution < -0.4 is 21.3 Å². The van der Waals surface area contributed by atoms with E-state index < -0.39 is 0 Å². The van der Waals surface area contributed by atoms with E-state index in [1.165, 1.54) is 4.88 Å². The maximum atomic E-state index is 11.8. The Balaban J connectivity index is 1.84. The van der Waals surface area contributed by atoms with Gasteiger partial charge in [0.15, 0.2) is 5.96 Å². The summed E-state index contributed by atoms with van der Waals surface area (Å²) >= 11 is 1.77. The molecule has 0 bridgehead atoms. The average molecular weight is 417 g/mol. The minimum Gasteiger partial charge on any atom is -0.357 e. The van der Waals surface area contributed by atoms with Gasteiger partial charge in [-0.3, -0.25) is 0 Å². The molecule has 0 aliphatic carbocycles. The third kappa shape index (κ3) is 8.51. The van der Waals surface area contributed by atoms with E-state index in [-0.39, 0.29) is 12.1 Å². The van der Waals surface area contributed by atoms with Gasteiger partial charge in [0.25, 0.3) is 0 Å². The summed E-state index contributed by atoms with van der Waals surface area (Å²) in [6.07, 6.45) is 3.88. The molecule has 29 heavy (non-hydrogen) atoms. The molecule has 0 atom stereocenters. The lowest BCUT2D eigenvalue weighted by Gasteiger charge is -2.11. The summed E-state index contributed by atoms with van der Waals surface area (Å²) < 4.78 is 0. The minimum absolute atomic E-state index is 0.102. The summed E-state index contributed by atoms with van der Waals surface area (Å²) in [5.74, 6) is 0.790. The molecule has 0 saturated carbocycles. The van der Waals surface area contributed by atoms with Crippen molar-refractivity contribution in [2.45, 2.75) is 53.1 Å². The molecule has 0 unspecified atom stereocenters. The molecule has 0 aliphatic rings. The molecule has 158 valence electrons. The van der Waals surface area contributed by atoms with Crippen molar-refractivity contribution < 1.29 is 4.79 Å². The monoisotopic (exact) mass is 416 g/mol. The zero-order valence-electron chi connectivity index (χ0n) is 17.7. The first-order valence-corrected chi connectivity index (χ1v) is 10.9. The van der Waals surface area contributed by atoms with Crippen LogP contribution in [0.5, 0.6) is 0 Å². The highest BCUT2D eigenvalue weighted by Gasteiger charge is 2.04. The molecule has 0 spiro atoms. The van der Waals surface area contributed by atoms with Gasteiger partial charge in [-0.1, -0.05) is 19.1 Å². The zero-order chi connectivity index (χ0) is 21.1. The molecule has 0 saturated heterocycles. The van der Waals surface area contributed by atoms with Gasteiger partial charge in [-0.15, -0.1) is 11.3 Å². The van der Waals surface area contributed by atoms with Gasteiger partial charge in [-0.05, 0) is 44.9 Å². The predicted molar refractivity (Wildman–Crippen MR) is 122 cm³/mol. The number of guanidine groups is 1. The van der Waals surface area contributed by atoms with Gasteiger partial charge in [-0.25, -0.2) is 14.8 Å². The summed E-state index contributed by atoms with van der Waals surface area (Å²) in [6.45, 7) is 10.2. The summed E-state index contributed by atoms with van der Waals surface area (Å²) in [4.78, 5) is 22.2. The second-order valence-corrected chi connectivity index (χ2v) is 8.10. The smallest absolute Gasteiger partial charge is 0.319 e. The van der Waals surface area contributed by atoms with Crippen molar-refractivity contribution in [3.05, 3.63) is 45.9 Å². The average Bonchev–Trinajstić information content (AvgIpc) is 3.14. The van der Waals surface area contributed by atoms with E-state index in [1.54, 1.807) is 11.3 Å². The second-order valence-electron chi connectivity index (χ2n) is 6.90. The number of hydrogen-bond acceptors (Lipinski definition) is 4. The number of carbonyl (C=O) groups is 1. The molecule has 4 N–H and O–H groups in total.